The Morgan fingerprint density at radius 1 is 1.16 bits per heavy atom. The number of aryl methyl sites for hydroxylation is 1. The molecular weight excluding hydrogens is 234 g/mol. The summed E-state index contributed by atoms with van der Waals surface area (Å²) >= 11 is 0. The van der Waals surface area contributed by atoms with Gasteiger partial charge >= 0.3 is 0 Å². The molecule has 0 radical (unpaired) electrons. The van der Waals surface area contributed by atoms with Gasteiger partial charge in [0.2, 0.25) is 0 Å². The molecule has 0 aliphatic heterocycles. The minimum absolute atomic E-state index is 0.637. The number of aromatic nitrogens is 1. The predicted octanol–water partition coefficient (Wildman–Crippen LogP) is 3.60. The first-order chi connectivity index (χ1) is 9.15. The van der Waals surface area contributed by atoms with Crippen LogP contribution in [0.25, 0.3) is 0 Å². The average molecular weight is 263 g/mol. The van der Waals surface area contributed by atoms with Crippen molar-refractivity contribution in [3.05, 3.63) is 23.4 Å². The Morgan fingerprint density at radius 3 is 2.58 bits per heavy atom. The molecule has 1 aromatic heterocycles. The van der Waals surface area contributed by atoms with Crippen molar-refractivity contribution in [1.82, 2.24) is 10.3 Å². The lowest BCUT2D eigenvalue weighted by Crippen LogP contribution is -2.15. The average Bonchev–Trinajstić information content (AvgIpc) is 2.37. The molecule has 1 aromatic rings. The third-order valence-electron chi connectivity index (χ3n) is 2.89. The van der Waals surface area contributed by atoms with Crippen LogP contribution < -0.4 is 10.6 Å². The van der Waals surface area contributed by atoms with Crippen molar-refractivity contribution >= 4 is 5.82 Å². The van der Waals surface area contributed by atoms with Gasteiger partial charge in [0.15, 0.2) is 0 Å². The Balaban J connectivity index is 2.71. The molecule has 3 nitrogen and oxygen atoms in total. The molecule has 0 aromatic carbocycles. The molecule has 0 saturated heterocycles. The third kappa shape index (κ3) is 6.58. The van der Waals surface area contributed by atoms with Gasteiger partial charge < -0.3 is 10.6 Å². The Hall–Kier alpha value is -1.09. The maximum absolute atomic E-state index is 4.68. The highest BCUT2D eigenvalue weighted by Crippen LogP contribution is 2.13. The van der Waals surface area contributed by atoms with E-state index in [9.17, 15) is 0 Å². The van der Waals surface area contributed by atoms with E-state index in [1.807, 2.05) is 0 Å². The van der Waals surface area contributed by atoms with E-state index in [-0.39, 0.29) is 0 Å². The smallest absolute Gasteiger partial charge is 0.126 e. The molecule has 19 heavy (non-hydrogen) atoms. The van der Waals surface area contributed by atoms with Crippen molar-refractivity contribution < 1.29 is 0 Å². The van der Waals surface area contributed by atoms with Gasteiger partial charge in [-0.3, -0.25) is 0 Å². The molecule has 0 bridgehead atoms. The van der Waals surface area contributed by atoms with Gasteiger partial charge in [-0.25, -0.2) is 4.98 Å². The van der Waals surface area contributed by atoms with E-state index in [2.05, 4.69) is 55.4 Å². The highest BCUT2D eigenvalue weighted by molar-refractivity contribution is 5.39. The molecule has 0 aliphatic carbocycles. The first kappa shape index (κ1) is 16.0. The van der Waals surface area contributed by atoms with Crippen LogP contribution >= 0.6 is 0 Å². The van der Waals surface area contributed by atoms with Crippen molar-refractivity contribution in [2.24, 2.45) is 5.92 Å². The van der Waals surface area contributed by atoms with Gasteiger partial charge in [-0.05, 0) is 43.0 Å². The second kappa shape index (κ2) is 8.92. The second-order valence-corrected chi connectivity index (χ2v) is 5.55. The summed E-state index contributed by atoms with van der Waals surface area (Å²) in [5.41, 5.74) is 2.53. The molecule has 0 spiro atoms. The molecule has 0 saturated carbocycles. The number of hydrogen-bond acceptors (Lipinski definition) is 3. The summed E-state index contributed by atoms with van der Waals surface area (Å²) < 4.78 is 0. The largest absolute Gasteiger partial charge is 0.370 e. The quantitative estimate of drug-likeness (QED) is 0.668. The van der Waals surface area contributed by atoms with Gasteiger partial charge in [0.05, 0.1) is 0 Å². The van der Waals surface area contributed by atoms with Gasteiger partial charge in [0.25, 0.3) is 0 Å². The maximum Gasteiger partial charge on any atom is 0.126 e. The van der Waals surface area contributed by atoms with Gasteiger partial charge in [-0.15, -0.1) is 0 Å². The topological polar surface area (TPSA) is 37.0 Å². The first-order valence-corrected chi connectivity index (χ1v) is 7.60. The van der Waals surface area contributed by atoms with Crippen LogP contribution in [-0.2, 0) is 13.0 Å². The molecule has 0 aliphatic rings. The molecule has 3 heteroatoms. The Bertz CT molecular complexity index is 361. The van der Waals surface area contributed by atoms with Gasteiger partial charge in [-0.1, -0.05) is 34.1 Å². The number of pyridine rings is 1. The summed E-state index contributed by atoms with van der Waals surface area (Å²) in [5, 5.41) is 6.89. The number of anilines is 1. The third-order valence-corrected chi connectivity index (χ3v) is 2.89. The summed E-state index contributed by atoms with van der Waals surface area (Å²) in [5.74, 6) is 1.66. The Labute approximate surface area is 118 Å². The van der Waals surface area contributed by atoms with E-state index in [1.54, 1.807) is 0 Å². The molecular formula is C16H29N3. The molecule has 2 N–H and O–H groups in total. The van der Waals surface area contributed by atoms with E-state index in [0.29, 0.717) is 5.92 Å². The summed E-state index contributed by atoms with van der Waals surface area (Å²) in [4.78, 5) is 4.68. The number of nitrogens with zero attached hydrogens (tertiary/aromatic N) is 1. The van der Waals surface area contributed by atoms with Crippen molar-refractivity contribution in [3.63, 3.8) is 0 Å². The highest BCUT2D eigenvalue weighted by atomic mass is 15.0. The maximum atomic E-state index is 4.68. The second-order valence-electron chi connectivity index (χ2n) is 5.55. The zero-order chi connectivity index (χ0) is 14.1. The fourth-order valence-corrected chi connectivity index (χ4v) is 1.95. The summed E-state index contributed by atoms with van der Waals surface area (Å²) in [6, 6.07) is 4.40. The van der Waals surface area contributed by atoms with Gasteiger partial charge in [0.1, 0.15) is 5.82 Å². The minimum atomic E-state index is 0.637. The minimum Gasteiger partial charge on any atom is -0.370 e. The lowest BCUT2D eigenvalue weighted by molar-refractivity contribution is 0.671. The van der Waals surface area contributed by atoms with Crippen molar-refractivity contribution in [2.75, 3.05) is 18.4 Å². The zero-order valence-corrected chi connectivity index (χ0v) is 12.9. The van der Waals surface area contributed by atoms with Crippen LogP contribution in [0.4, 0.5) is 5.82 Å². The lowest BCUT2D eigenvalue weighted by Gasteiger charge is -2.12. The van der Waals surface area contributed by atoms with Crippen LogP contribution in [-0.4, -0.2) is 18.1 Å². The van der Waals surface area contributed by atoms with Crippen LogP contribution in [0.5, 0.6) is 0 Å². The van der Waals surface area contributed by atoms with E-state index in [1.165, 1.54) is 17.7 Å². The van der Waals surface area contributed by atoms with Crippen LogP contribution in [0, 0.1) is 5.92 Å². The fourth-order valence-electron chi connectivity index (χ4n) is 1.95. The zero-order valence-electron chi connectivity index (χ0n) is 12.9. The lowest BCUT2D eigenvalue weighted by atomic mass is 10.1. The monoisotopic (exact) mass is 263 g/mol. The van der Waals surface area contributed by atoms with Gasteiger partial charge in [-0.2, -0.15) is 0 Å². The summed E-state index contributed by atoms with van der Waals surface area (Å²) in [6.45, 7) is 11.8. The summed E-state index contributed by atoms with van der Waals surface area (Å²) in [7, 11) is 0. The van der Waals surface area contributed by atoms with Crippen molar-refractivity contribution in [3.8, 4) is 0 Å². The van der Waals surface area contributed by atoms with Crippen LogP contribution in [0.1, 0.15) is 51.8 Å². The van der Waals surface area contributed by atoms with E-state index in [0.717, 1.165) is 38.3 Å². The first-order valence-electron chi connectivity index (χ1n) is 7.60. The molecule has 0 fully saturated rings. The van der Waals surface area contributed by atoms with Crippen LogP contribution in [0.2, 0.25) is 0 Å². The van der Waals surface area contributed by atoms with E-state index in [4.69, 9.17) is 0 Å². The summed E-state index contributed by atoms with van der Waals surface area (Å²) in [6.07, 6.45) is 3.37. The SMILES string of the molecule is CCCNCc1cc(CCC)nc(NCC(C)C)c1. The fraction of sp³-hybridized carbons (Fsp3) is 0.688. The molecule has 0 amide bonds. The normalized spacial score (nSPS) is 11.0. The van der Waals surface area contributed by atoms with Crippen molar-refractivity contribution in [1.29, 1.82) is 0 Å². The molecule has 0 unspecified atom stereocenters. The van der Waals surface area contributed by atoms with E-state index >= 15 is 0 Å². The van der Waals surface area contributed by atoms with Crippen LogP contribution in [0.15, 0.2) is 12.1 Å². The predicted molar refractivity (Wildman–Crippen MR) is 83.6 cm³/mol. The highest BCUT2D eigenvalue weighted by Gasteiger charge is 2.03. The van der Waals surface area contributed by atoms with Crippen molar-refractivity contribution in [2.45, 2.75) is 53.5 Å². The van der Waals surface area contributed by atoms with E-state index < -0.39 is 0 Å². The molecule has 1 heterocycles. The van der Waals surface area contributed by atoms with Gasteiger partial charge in [0, 0.05) is 18.8 Å². The Kier molecular flexibility index (Phi) is 7.49. The number of nitrogens with one attached hydrogen (secondary N) is 2. The van der Waals surface area contributed by atoms with Crippen LogP contribution in [0.3, 0.4) is 0 Å². The molecule has 0 atom stereocenters. The molecule has 1 rings (SSSR count). The Morgan fingerprint density at radius 2 is 1.95 bits per heavy atom. The standard InChI is InChI=1S/C16H29N3/c1-5-7-15-9-14(12-17-8-6-2)10-16(19-15)18-11-13(3)4/h9-10,13,17H,5-8,11-12H2,1-4H3,(H,18,19). The molecule has 108 valence electrons. The number of hydrogen-bond donors (Lipinski definition) is 2. The number of rotatable bonds is 9.